The fourth-order valence-corrected chi connectivity index (χ4v) is 3.86. The second kappa shape index (κ2) is 12.9. The lowest BCUT2D eigenvalue weighted by Crippen LogP contribution is -2.51. The van der Waals surface area contributed by atoms with Gasteiger partial charge in [0.15, 0.2) is 6.29 Å². The predicted molar refractivity (Wildman–Crippen MR) is 116 cm³/mol. The van der Waals surface area contributed by atoms with Gasteiger partial charge in [-0.05, 0) is 46.6 Å². The predicted octanol–water partition coefficient (Wildman–Crippen LogP) is 1.12. The van der Waals surface area contributed by atoms with Crippen molar-refractivity contribution in [2.75, 3.05) is 13.6 Å². The molecule has 30 heavy (non-hydrogen) atoms. The van der Waals surface area contributed by atoms with E-state index in [9.17, 15) is 30.3 Å². The number of hydrogen-bond acceptors (Lipinski definition) is 8. The van der Waals surface area contributed by atoms with Crippen LogP contribution >= 0.6 is 0 Å². The van der Waals surface area contributed by atoms with Crippen LogP contribution in [-0.4, -0.2) is 86.2 Å². The number of rotatable bonds is 14. The van der Waals surface area contributed by atoms with Crippen LogP contribution in [0.5, 0.6) is 0 Å². The molecule has 0 saturated carbocycles. The zero-order chi connectivity index (χ0) is 23.8. The number of likely N-dealkylation sites (N-methyl/N-ethyl adjacent to an activating group) is 1. The summed E-state index contributed by atoms with van der Waals surface area (Å²) in [6, 6.07) is -0.0293. The highest BCUT2D eigenvalue weighted by molar-refractivity contribution is 5.72. The molecule has 0 aliphatic carbocycles. The highest BCUT2D eigenvalue weighted by Crippen LogP contribution is 2.29. The molecule has 0 amide bonds. The first-order valence-electron chi connectivity index (χ1n) is 11.0. The molecule has 0 aromatic carbocycles. The Balaban J connectivity index is 4.96. The first-order valence-corrected chi connectivity index (χ1v) is 11.0. The zero-order valence-electron chi connectivity index (χ0n) is 19.9. The summed E-state index contributed by atoms with van der Waals surface area (Å²) >= 11 is 0. The minimum atomic E-state index is -1.49. The number of hydrogen-bond donors (Lipinski definition) is 5. The number of ether oxygens (including phenoxy) is 1. The molecular formula is C22H45NO7. The third-order valence-electron chi connectivity index (χ3n) is 6.19. The highest BCUT2D eigenvalue weighted by atomic mass is 16.6. The van der Waals surface area contributed by atoms with Crippen molar-refractivity contribution in [2.45, 2.75) is 104 Å². The average Bonchev–Trinajstić information content (AvgIpc) is 2.69. The van der Waals surface area contributed by atoms with E-state index < -0.39 is 48.0 Å². The second-order valence-electron chi connectivity index (χ2n) is 9.21. The molecule has 8 heteroatoms. The third kappa shape index (κ3) is 8.77. The molecule has 0 aromatic heterocycles. The van der Waals surface area contributed by atoms with Crippen LogP contribution in [0.1, 0.15) is 67.7 Å². The van der Waals surface area contributed by atoms with E-state index in [1.54, 1.807) is 13.8 Å². The van der Waals surface area contributed by atoms with Crippen molar-refractivity contribution in [2.24, 2.45) is 17.8 Å². The van der Waals surface area contributed by atoms with Gasteiger partial charge in [0.2, 0.25) is 0 Å². The molecule has 0 radical (unpaired) electrons. The molecule has 5 N–H and O–H groups in total. The van der Waals surface area contributed by atoms with Crippen LogP contribution in [-0.2, 0) is 9.53 Å². The smallest absolute Gasteiger partial charge is 0.313 e. The summed E-state index contributed by atoms with van der Waals surface area (Å²) in [7, 11) is 1.91. The maximum atomic E-state index is 12.1. The first-order chi connectivity index (χ1) is 13.7. The minimum Gasteiger partial charge on any atom is -0.436 e. The first kappa shape index (κ1) is 29.2. The molecule has 0 aliphatic heterocycles. The Labute approximate surface area is 181 Å². The van der Waals surface area contributed by atoms with Crippen LogP contribution in [0, 0.1) is 17.8 Å². The maximum Gasteiger partial charge on any atom is 0.313 e. The van der Waals surface area contributed by atoms with Gasteiger partial charge in [0.05, 0.1) is 29.8 Å². The summed E-state index contributed by atoms with van der Waals surface area (Å²) in [5.74, 6) is -2.51. The Hall–Kier alpha value is -0.770. The Morgan fingerprint density at radius 2 is 1.57 bits per heavy atom. The van der Waals surface area contributed by atoms with E-state index in [1.165, 1.54) is 13.8 Å². The summed E-state index contributed by atoms with van der Waals surface area (Å²) in [6.07, 6.45) is -3.02. The van der Waals surface area contributed by atoms with Crippen LogP contribution in [0.25, 0.3) is 0 Å². The van der Waals surface area contributed by atoms with Crippen molar-refractivity contribution in [3.63, 3.8) is 0 Å². The van der Waals surface area contributed by atoms with Crippen molar-refractivity contribution >= 4 is 5.97 Å². The third-order valence-corrected chi connectivity index (χ3v) is 6.19. The molecule has 0 saturated heterocycles. The number of nitrogens with zero attached hydrogens (tertiary/aromatic N) is 1. The van der Waals surface area contributed by atoms with Gasteiger partial charge in [0.25, 0.3) is 0 Å². The average molecular weight is 436 g/mol. The van der Waals surface area contributed by atoms with Crippen LogP contribution in [0.15, 0.2) is 0 Å². The number of carbonyl (C=O) groups excluding carboxylic acids is 1. The van der Waals surface area contributed by atoms with Crippen LogP contribution < -0.4 is 0 Å². The van der Waals surface area contributed by atoms with Crippen LogP contribution in [0.2, 0.25) is 0 Å². The lowest BCUT2D eigenvalue weighted by molar-refractivity contribution is -0.180. The normalized spacial score (nSPS) is 22.3. The van der Waals surface area contributed by atoms with Crippen molar-refractivity contribution in [1.29, 1.82) is 0 Å². The summed E-state index contributed by atoms with van der Waals surface area (Å²) in [4.78, 5) is 14.1. The molecule has 9 atom stereocenters. The standard InChI is InChI=1S/C22H45NO7/c1-9-17(24)16(6)23(8)12-13(3)11-22(7,29)20(27)14(4)19(26)15(5)21(28)30-18(25)10-2/h13-20,24-27,29H,9-12H2,1-8H3/t13-,14+,15-,16-,17+,18-,19+,20-,22?/m1/s1. The largest absolute Gasteiger partial charge is 0.436 e. The summed E-state index contributed by atoms with van der Waals surface area (Å²) < 4.78 is 4.84. The fourth-order valence-electron chi connectivity index (χ4n) is 3.86. The van der Waals surface area contributed by atoms with Crippen LogP contribution in [0.4, 0.5) is 0 Å². The van der Waals surface area contributed by atoms with Gasteiger partial charge < -0.3 is 35.2 Å². The van der Waals surface area contributed by atoms with E-state index in [4.69, 9.17) is 4.74 Å². The van der Waals surface area contributed by atoms with Gasteiger partial charge >= 0.3 is 5.97 Å². The van der Waals surface area contributed by atoms with E-state index in [0.29, 0.717) is 13.0 Å². The minimum absolute atomic E-state index is 0.0117. The Morgan fingerprint density at radius 3 is 2.03 bits per heavy atom. The molecule has 0 spiro atoms. The van der Waals surface area contributed by atoms with E-state index in [0.717, 1.165) is 0 Å². The van der Waals surface area contributed by atoms with E-state index in [1.807, 2.05) is 32.7 Å². The summed E-state index contributed by atoms with van der Waals surface area (Å²) in [5, 5.41) is 51.6. The van der Waals surface area contributed by atoms with Gasteiger partial charge in [-0.15, -0.1) is 0 Å². The van der Waals surface area contributed by atoms with Crippen molar-refractivity contribution in [1.82, 2.24) is 4.90 Å². The molecule has 0 aromatic rings. The number of esters is 1. The summed E-state index contributed by atoms with van der Waals surface area (Å²) in [5.41, 5.74) is -1.49. The Bertz CT molecular complexity index is 502. The second-order valence-corrected chi connectivity index (χ2v) is 9.21. The highest BCUT2D eigenvalue weighted by Gasteiger charge is 2.41. The Kier molecular flexibility index (Phi) is 12.6. The number of carbonyl (C=O) groups is 1. The molecule has 0 rings (SSSR count). The lowest BCUT2D eigenvalue weighted by Gasteiger charge is -2.39. The quantitative estimate of drug-likeness (QED) is 0.203. The monoisotopic (exact) mass is 435 g/mol. The van der Waals surface area contributed by atoms with E-state index >= 15 is 0 Å². The van der Waals surface area contributed by atoms with Crippen molar-refractivity contribution in [3.8, 4) is 0 Å². The van der Waals surface area contributed by atoms with Gasteiger partial charge in [0.1, 0.15) is 0 Å². The number of aliphatic hydroxyl groups excluding tert-OH is 4. The Morgan fingerprint density at radius 1 is 1.03 bits per heavy atom. The lowest BCUT2D eigenvalue weighted by atomic mass is 9.78. The van der Waals surface area contributed by atoms with Gasteiger partial charge in [-0.25, -0.2) is 0 Å². The zero-order valence-corrected chi connectivity index (χ0v) is 19.9. The van der Waals surface area contributed by atoms with Gasteiger partial charge in [-0.1, -0.05) is 27.7 Å². The maximum absolute atomic E-state index is 12.1. The molecule has 0 fully saturated rings. The van der Waals surface area contributed by atoms with Crippen LogP contribution in [0.3, 0.4) is 0 Å². The summed E-state index contributed by atoms with van der Waals surface area (Å²) in [6.45, 7) is 12.7. The SMILES string of the molecule is CC[C@H](O)OC(=O)[C@H](C)[C@@H](O)[C@H](C)[C@@H](O)C(C)(O)C[C@@H](C)CN(C)[C@H](C)[C@@H](O)CC. The molecule has 180 valence electrons. The topological polar surface area (TPSA) is 131 Å². The van der Waals surface area contributed by atoms with Crippen molar-refractivity contribution in [3.05, 3.63) is 0 Å². The molecule has 1 unspecified atom stereocenters. The molecule has 0 bridgehead atoms. The van der Waals surface area contributed by atoms with E-state index in [2.05, 4.69) is 0 Å². The van der Waals surface area contributed by atoms with E-state index in [-0.39, 0.29) is 24.8 Å². The number of aliphatic hydroxyl groups is 5. The molecular weight excluding hydrogens is 390 g/mol. The van der Waals surface area contributed by atoms with Crippen molar-refractivity contribution < 1.29 is 35.1 Å². The fraction of sp³-hybridized carbons (Fsp3) is 0.955. The molecule has 8 nitrogen and oxygen atoms in total. The van der Waals surface area contributed by atoms with Gasteiger partial charge in [-0.3, -0.25) is 4.79 Å². The van der Waals surface area contributed by atoms with Gasteiger partial charge in [0, 0.05) is 24.9 Å². The van der Waals surface area contributed by atoms with Gasteiger partial charge in [-0.2, -0.15) is 0 Å². The molecule has 0 aliphatic rings. The molecule has 0 heterocycles.